The average molecular weight is 263 g/mol. The molecule has 0 bridgehead atoms. The number of rotatable bonds is 5. The molecule has 0 aromatic carbocycles. The molecule has 1 atom stereocenters. The molecular weight excluding hydrogens is 242 g/mol. The van der Waals surface area contributed by atoms with Crippen molar-refractivity contribution in [3.05, 3.63) is 30.1 Å². The van der Waals surface area contributed by atoms with E-state index in [0.717, 1.165) is 39.1 Å². The third-order valence-electron chi connectivity index (χ3n) is 3.78. The second kappa shape index (κ2) is 6.63. The SMILES string of the molecule is CC(C(=O)O)N1CCN(CCc2ccncc2)CC1. The number of piperazine rings is 1. The normalized spacial score (nSPS) is 19.2. The summed E-state index contributed by atoms with van der Waals surface area (Å²) in [4.78, 5) is 19.4. The molecule has 0 radical (unpaired) electrons. The molecular formula is C14H21N3O2. The van der Waals surface area contributed by atoms with Gasteiger partial charge in [0.1, 0.15) is 6.04 Å². The van der Waals surface area contributed by atoms with E-state index in [4.69, 9.17) is 5.11 Å². The monoisotopic (exact) mass is 263 g/mol. The molecule has 5 nitrogen and oxygen atoms in total. The zero-order valence-corrected chi connectivity index (χ0v) is 11.3. The van der Waals surface area contributed by atoms with Crippen molar-refractivity contribution in [1.82, 2.24) is 14.8 Å². The Kier molecular flexibility index (Phi) is 4.87. The molecule has 1 aliphatic rings. The molecule has 19 heavy (non-hydrogen) atoms. The van der Waals surface area contributed by atoms with E-state index in [1.54, 1.807) is 6.92 Å². The summed E-state index contributed by atoms with van der Waals surface area (Å²) in [6.45, 7) is 6.35. The molecule has 0 aliphatic carbocycles. The van der Waals surface area contributed by atoms with E-state index in [2.05, 4.69) is 9.88 Å². The molecule has 1 aliphatic heterocycles. The number of carboxylic acid groups (broad SMARTS) is 1. The van der Waals surface area contributed by atoms with E-state index in [0.29, 0.717) is 0 Å². The van der Waals surface area contributed by atoms with Gasteiger partial charge in [0.05, 0.1) is 0 Å². The Bertz CT molecular complexity index is 402. The smallest absolute Gasteiger partial charge is 0.320 e. The number of carboxylic acids is 1. The zero-order valence-electron chi connectivity index (χ0n) is 11.3. The number of hydrogen-bond donors (Lipinski definition) is 1. The molecule has 5 heteroatoms. The summed E-state index contributed by atoms with van der Waals surface area (Å²) in [5, 5.41) is 8.99. The highest BCUT2D eigenvalue weighted by atomic mass is 16.4. The Labute approximate surface area is 113 Å². The van der Waals surface area contributed by atoms with Crippen molar-refractivity contribution in [2.24, 2.45) is 0 Å². The molecule has 2 rings (SSSR count). The molecule has 0 amide bonds. The maximum absolute atomic E-state index is 10.9. The Morgan fingerprint density at radius 3 is 2.53 bits per heavy atom. The number of carbonyl (C=O) groups is 1. The van der Waals surface area contributed by atoms with Gasteiger partial charge in [-0.05, 0) is 31.0 Å². The number of nitrogens with zero attached hydrogens (tertiary/aromatic N) is 3. The predicted octanol–water partition coefficient (Wildman–Crippen LogP) is 0.715. The molecule has 1 N–H and O–H groups in total. The standard InChI is InChI=1S/C14H21N3O2/c1-12(14(18)19)17-10-8-16(9-11-17)7-4-13-2-5-15-6-3-13/h2-3,5-6,12H,4,7-11H2,1H3,(H,18,19). The van der Waals surface area contributed by atoms with Gasteiger partial charge in [0, 0.05) is 45.1 Å². The maximum atomic E-state index is 10.9. The van der Waals surface area contributed by atoms with Crippen molar-refractivity contribution in [2.75, 3.05) is 32.7 Å². The molecule has 1 fully saturated rings. The Morgan fingerprint density at radius 2 is 1.95 bits per heavy atom. The van der Waals surface area contributed by atoms with Crippen molar-refractivity contribution in [3.63, 3.8) is 0 Å². The van der Waals surface area contributed by atoms with Crippen LogP contribution in [0, 0.1) is 0 Å². The van der Waals surface area contributed by atoms with Gasteiger partial charge in [0.15, 0.2) is 0 Å². The largest absolute Gasteiger partial charge is 0.480 e. The summed E-state index contributed by atoms with van der Waals surface area (Å²) in [5.74, 6) is -0.731. The van der Waals surface area contributed by atoms with E-state index < -0.39 is 5.97 Å². The van der Waals surface area contributed by atoms with E-state index in [-0.39, 0.29) is 6.04 Å². The Balaban J connectivity index is 1.73. The lowest BCUT2D eigenvalue weighted by Crippen LogP contribution is -2.51. The van der Waals surface area contributed by atoms with Crippen molar-refractivity contribution in [1.29, 1.82) is 0 Å². The minimum atomic E-state index is -0.731. The van der Waals surface area contributed by atoms with E-state index in [1.165, 1.54) is 5.56 Å². The predicted molar refractivity (Wildman–Crippen MR) is 73.1 cm³/mol. The van der Waals surface area contributed by atoms with E-state index >= 15 is 0 Å². The van der Waals surface area contributed by atoms with Gasteiger partial charge in [-0.15, -0.1) is 0 Å². The third-order valence-corrected chi connectivity index (χ3v) is 3.78. The third kappa shape index (κ3) is 4.01. The van der Waals surface area contributed by atoms with E-state index in [9.17, 15) is 4.79 Å². The van der Waals surface area contributed by atoms with Crippen LogP contribution in [0.1, 0.15) is 12.5 Å². The lowest BCUT2D eigenvalue weighted by atomic mass is 10.1. The molecule has 1 saturated heterocycles. The van der Waals surface area contributed by atoms with Crippen LogP contribution >= 0.6 is 0 Å². The summed E-state index contributed by atoms with van der Waals surface area (Å²) in [7, 11) is 0. The quantitative estimate of drug-likeness (QED) is 0.848. The van der Waals surface area contributed by atoms with E-state index in [1.807, 2.05) is 29.4 Å². The topological polar surface area (TPSA) is 56.7 Å². The fourth-order valence-electron chi connectivity index (χ4n) is 2.37. The summed E-state index contributed by atoms with van der Waals surface area (Å²) in [5.41, 5.74) is 1.30. The van der Waals surface area contributed by atoms with Crippen molar-refractivity contribution >= 4 is 5.97 Å². The molecule has 0 saturated carbocycles. The zero-order chi connectivity index (χ0) is 13.7. The Morgan fingerprint density at radius 1 is 1.32 bits per heavy atom. The first-order valence-corrected chi connectivity index (χ1v) is 6.75. The minimum absolute atomic E-state index is 0.373. The van der Waals surface area contributed by atoms with Crippen LogP contribution in [0.4, 0.5) is 0 Å². The van der Waals surface area contributed by atoms with Crippen molar-refractivity contribution < 1.29 is 9.90 Å². The summed E-state index contributed by atoms with van der Waals surface area (Å²) in [6, 6.07) is 3.72. The van der Waals surface area contributed by atoms with Crippen LogP contribution in [0.25, 0.3) is 0 Å². The fraction of sp³-hybridized carbons (Fsp3) is 0.571. The van der Waals surface area contributed by atoms with Gasteiger partial charge >= 0.3 is 5.97 Å². The molecule has 1 unspecified atom stereocenters. The Hall–Kier alpha value is -1.46. The second-order valence-electron chi connectivity index (χ2n) is 5.00. The van der Waals surface area contributed by atoms with Gasteiger partial charge in [-0.1, -0.05) is 0 Å². The molecule has 2 heterocycles. The summed E-state index contributed by atoms with van der Waals surface area (Å²) >= 11 is 0. The van der Waals surface area contributed by atoms with Crippen LogP contribution in [-0.4, -0.2) is 64.6 Å². The average Bonchev–Trinajstić information content (AvgIpc) is 2.46. The number of aromatic nitrogens is 1. The lowest BCUT2D eigenvalue weighted by molar-refractivity contribution is -0.143. The second-order valence-corrected chi connectivity index (χ2v) is 5.00. The molecule has 0 spiro atoms. The minimum Gasteiger partial charge on any atom is -0.480 e. The van der Waals surface area contributed by atoms with Crippen LogP contribution < -0.4 is 0 Å². The van der Waals surface area contributed by atoms with Gasteiger partial charge in [0.2, 0.25) is 0 Å². The summed E-state index contributed by atoms with van der Waals surface area (Å²) < 4.78 is 0. The maximum Gasteiger partial charge on any atom is 0.320 e. The van der Waals surface area contributed by atoms with Gasteiger partial charge < -0.3 is 10.0 Å². The lowest BCUT2D eigenvalue weighted by Gasteiger charge is -2.36. The summed E-state index contributed by atoms with van der Waals surface area (Å²) in [6.07, 6.45) is 4.67. The first kappa shape index (κ1) is 14.0. The van der Waals surface area contributed by atoms with Gasteiger partial charge in [-0.25, -0.2) is 0 Å². The first-order chi connectivity index (χ1) is 9.16. The molecule has 1 aromatic heterocycles. The van der Waals surface area contributed by atoms with Crippen molar-refractivity contribution in [3.8, 4) is 0 Å². The molecule has 104 valence electrons. The highest BCUT2D eigenvalue weighted by Crippen LogP contribution is 2.08. The fourth-order valence-corrected chi connectivity index (χ4v) is 2.37. The number of pyridine rings is 1. The highest BCUT2D eigenvalue weighted by Gasteiger charge is 2.24. The van der Waals surface area contributed by atoms with Crippen LogP contribution in [0.5, 0.6) is 0 Å². The van der Waals surface area contributed by atoms with Gasteiger partial charge in [-0.3, -0.25) is 14.7 Å². The highest BCUT2D eigenvalue weighted by molar-refractivity contribution is 5.72. The van der Waals surface area contributed by atoms with Gasteiger partial charge in [0.25, 0.3) is 0 Å². The molecule has 1 aromatic rings. The van der Waals surface area contributed by atoms with Gasteiger partial charge in [-0.2, -0.15) is 0 Å². The number of hydrogen-bond acceptors (Lipinski definition) is 4. The van der Waals surface area contributed by atoms with Crippen LogP contribution in [-0.2, 0) is 11.2 Å². The van der Waals surface area contributed by atoms with Crippen LogP contribution in [0.3, 0.4) is 0 Å². The van der Waals surface area contributed by atoms with Crippen molar-refractivity contribution in [2.45, 2.75) is 19.4 Å². The van der Waals surface area contributed by atoms with Crippen LogP contribution in [0.15, 0.2) is 24.5 Å². The van der Waals surface area contributed by atoms with Crippen LogP contribution in [0.2, 0.25) is 0 Å². The number of aliphatic carboxylic acids is 1. The first-order valence-electron chi connectivity index (χ1n) is 6.75.